The Kier molecular flexibility index (Phi) is 6.79. The molecular formula is C22H21BrN2O4S. The second kappa shape index (κ2) is 9.32. The third-order valence-corrected chi connectivity index (χ3v) is 6.46. The molecule has 2 N–H and O–H groups in total. The zero-order valence-electron chi connectivity index (χ0n) is 16.2. The van der Waals surface area contributed by atoms with Gasteiger partial charge < -0.3 is 10.0 Å². The van der Waals surface area contributed by atoms with Crippen LogP contribution in [0.3, 0.4) is 0 Å². The van der Waals surface area contributed by atoms with E-state index in [0.29, 0.717) is 18.8 Å². The molecule has 0 saturated carbocycles. The molecule has 0 aliphatic carbocycles. The van der Waals surface area contributed by atoms with Crippen LogP contribution in [0.15, 0.2) is 82.2 Å². The topological polar surface area (TPSA) is 86.7 Å². The second-order valence-corrected chi connectivity index (χ2v) is 9.19. The highest BCUT2D eigenvalue weighted by atomic mass is 79.9. The van der Waals surface area contributed by atoms with E-state index in [-0.39, 0.29) is 16.1 Å². The van der Waals surface area contributed by atoms with E-state index in [2.05, 4.69) is 20.7 Å². The minimum atomic E-state index is -3.90. The van der Waals surface area contributed by atoms with Gasteiger partial charge in [-0.25, -0.2) is 13.2 Å². The van der Waals surface area contributed by atoms with Crippen molar-refractivity contribution in [2.45, 2.75) is 18.4 Å². The number of aromatic carboxylic acids is 1. The monoisotopic (exact) mass is 488 g/mol. The lowest BCUT2D eigenvalue weighted by Crippen LogP contribution is -2.24. The summed E-state index contributed by atoms with van der Waals surface area (Å²) in [5.41, 5.74) is 1.88. The maximum absolute atomic E-state index is 12.9. The largest absolute Gasteiger partial charge is 0.478 e. The van der Waals surface area contributed by atoms with E-state index in [1.807, 2.05) is 42.2 Å². The number of halogens is 1. The van der Waals surface area contributed by atoms with Gasteiger partial charge >= 0.3 is 5.97 Å². The molecule has 0 aromatic heterocycles. The molecule has 3 rings (SSSR count). The van der Waals surface area contributed by atoms with Crippen LogP contribution in [0.5, 0.6) is 0 Å². The predicted molar refractivity (Wildman–Crippen MR) is 122 cm³/mol. The normalized spacial score (nSPS) is 11.1. The minimum Gasteiger partial charge on any atom is -0.478 e. The van der Waals surface area contributed by atoms with Crippen LogP contribution < -0.4 is 9.62 Å². The molecule has 6 nitrogen and oxygen atoms in total. The number of carboxylic acid groups (broad SMARTS) is 1. The molecule has 0 fully saturated rings. The fraction of sp³-hybridized carbons (Fsp3) is 0.136. The van der Waals surface area contributed by atoms with E-state index in [1.165, 1.54) is 24.3 Å². The fourth-order valence-electron chi connectivity index (χ4n) is 3.02. The van der Waals surface area contributed by atoms with Crippen LogP contribution in [0.2, 0.25) is 0 Å². The van der Waals surface area contributed by atoms with E-state index < -0.39 is 16.0 Å². The van der Waals surface area contributed by atoms with Crippen molar-refractivity contribution in [2.75, 3.05) is 16.2 Å². The van der Waals surface area contributed by atoms with E-state index in [4.69, 9.17) is 0 Å². The lowest BCUT2D eigenvalue weighted by Gasteiger charge is -2.26. The van der Waals surface area contributed by atoms with Crippen molar-refractivity contribution in [1.29, 1.82) is 0 Å². The van der Waals surface area contributed by atoms with Gasteiger partial charge in [-0.15, -0.1) is 0 Å². The maximum atomic E-state index is 12.9. The van der Waals surface area contributed by atoms with Crippen LogP contribution in [0.25, 0.3) is 0 Å². The Balaban J connectivity index is 2.01. The molecule has 30 heavy (non-hydrogen) atoms. The standard InChI is InChI=1S/C22H21BrN2O4S/c1-2-25(15-16-6-4-3-5-7-16)21-13-8-17(22(26)27)14-20(21)24-30(28,29)19-11-9-18(23)10-12-19/h3-14,24H,2,15H2,1H3,(H,26,27). The molecule has 3 aromatic rings. The molecule has 8 heteroatoms. The average Bonchev–Trinajstić information content (AvgIpc) is 2.73. The van der Waals surface area contributed by atoms with E-state index in [0.717, 1.165) is 10.0 Å². The summed E-state index contributed by atoms with van der Waals surface area (Å²) in [6.45, 7) is 3.12. The van der Waals surface area contributed by atoms with Gasteiger partial charge in [0.1, 0.15) is 0 Å². The molecule has 3 aromatic carbocycles. The first-order valence-electron chi connectivity index (χ1n) is 9.25. The molecule has 0 atom stereocenters. The van der Waals surface area contributed by atoms with Crippen LogP contribution in [0, 0.1) is 0 Å². The van der Waals surface area contributed by atoms with Gasteiger partial charge in [-0.1, -0.05) is 46.3 Å². The molecule has 0 unspecified atom stereocenters. The molecule has 0 heterocycles. The van der Waals surface area contributed by atoms with E-state index >= 15 is 0 Å². The Labute approximate surface area is 184 Å². The van der Waals surface area contributed by atoms with Crippen LogP contribution >= 0.6 is 15.9 Å². The average molecular weight is 489 g/mol. The van der Waals surface area contributed by atoms with Crippen molar-refractivity contribution in [3.05, 3.63) is 88.4 Å². The molecule has 0 aliphatic rings. The summed E-state index contributed by atoms with van der Waals surface area (Å²) in [6.07, 6.45) is 0. The highest BCUT2D eigenvalue weighted by Gasteiger charge is 2.20. The number of sulfonamides is 1. The Hall–Kier alpha value is -2.84. The highest BCUT2D eigenvalue weighted by molar-refractivity contribution is 9.10. The first-order chi connectivity index (χ1) is 14.3. The lowest BCUT2D eigenvalue weighted by atomic mass is 10.1. The number of anilines is 2. The summed E-state index contributed by atoms with van der Waals surface area (Å²) in [5.74, 6) is -1.13. The van der Waals surface area contributed by atoms with Crippen molar-refractivity contribution in [3.63, 3.8) is 0 Å². The van der Waals surface area contributed by atoms with E-state index in [9.17, 15) is 18.3 Å². The van der Waals surface area contributed by atoms with Gasteiger partial charge in [0.2, 0.25) is 0 Å². The van der Waals surface area contributed by atoms with Gasteiger partial charge in [0.15, 0.2) is 0 Å². The second-order valence-electron chi connectivity index (χ2n) is 6.60. The minimum absolute atomic E-state index is 0.00280. The molecule has 0 amide bonds. The first-order valence-corrected chi connectivity index (χ1v) is 11.5. The summed E-state index contributed by atoms with van der Waals surface area (Å²) in [5, 5.41) is 9.38. The van der Waals surface area contributed by atoms with Crippen molar-refractivity contribution in [3.8, 4) is 0 Å². The van der Waals surface area contributed by atoms with Gasteiger partial charge in [0.25, 0.3) is 10.0 Å². The zero-order valence-corrected chi connectivity index (χ0v) is 18.7. The van der Waals surface area contributed by atoms with Crippen molar-refractivity contribution < 1.29 is 18.3 Å². The van der Waals surface area contributed by atoms with Gasteiger partial charge in [-0.2, -0.15) is 0 Å². The number of nitrogens with one attached hydrogen (secondary N) is 1. The van der Waals surface area contributed by atoms with Crippen molar-refractivity contribution in [2.24, 2.45) is 0 Å². The quantitative estimate of drug-likeness (QED) is 0.467. The maximum Gasteiger partial charge on any atom is 0.335 e. The zero-order chi connectivity index (χ0) is 21.7. The Morgan fingerprint density at radius 2 is 1.70 bits per heavy atom. The van der Waals surface area contributed by atoms with Crippen LogP contribution in [0.4, 0.5) is 11.4 Å². The molecule has 0 aliphatic heterocycles. The van der Waals surface area contributed by atoms with Crippen LogP contribution in [-0.4, -0.2) is 26.0 Å². The van der Waals surface area contributed by atoms with Crippen molar-refractivity contribution >= 4 is 43.3 Å². The fourth-order valence-corrected chi connectivity index (χ4v) is 4.34. The number of carboxylic acids is 1. The Bertz CT molecular complexity index is 1130. The van der Waals surface area contributed by atoms with Gasteiger partial charge in [-0.05, 0) is 55.0 Å². The molecule has 0 spiro atoms. The SMILES string of the molecule is CCN(Cc1ccccc1)c1ccc(C(=O)O)cc1NS(=O)(=O)c1ccc(Br)cc1. The van der Waals surface area contributed by atoms with Crippen LogP contribution in [-0.2, 0) is 16.6 Å². The summed E-state index contributed by atoms with van der Waals surface area (Å²) in [7, 11) is -3.90. The molecule has 156 valence electrons. The number of hydrogen-bond acceptors (Lipinski definition) is 4. The predicted octanol–water partition coefficient (Wildman–Crippen LogP) is 4.97. The number of nitrogens with zero attached hydrogens (tertiary/aromatic N) is 1. The van der Waals surface area contributed by atoms with Gasteiger partial charge in [-0.3, -0.25) is 4.72 Å². The third-order valence-electron chi connectivity index (χ3n) is 4.55. The van der Waals surface area contributed by atoms with Crippen molar-refractivity contribution in [1.82, 2.24) is 0 Å². The molecular weight excluding hydrogens is 468 g/mol. The Morgan fingerprint density at radius 1 is 1.03 bits per heavy atom. The van der Waals surface area contributed by atoms with Gasteiger partial charge in [0.05, 0.1) is 21.8 Å². The van der Waals surface area contributed by atoms with Gasteiger partial charge in [0, 0.05) is 17.6 Å². The third kappa shape index (κ3) is 5.20. The van der Waals surface area contributed by atoms with Crippen LogP contribution in [0.1, 0.15) is 22.8 Å². The summed E-state index contributed by atoms with van der Waals surface area (Å²) >= 11 is 3.29. The molecule has 0 radical (unpaired) electrons. The number of benzene rings is 3. The highest BCUT2D eigenvalue weighted by Crippen LogP contribution is 2.31. The molecule has 0 bridgehead atoms. The number of rotatable bonds is 8. The summed E-state index contributed by atoms with van der Waals surface area (Å²) in [4.78, 5) is 13.5. The number of hydrogen-bond donors (Lipinski definition) is 2. The summed E-state index contributed by atoms with van der Waals surface area (Å²) < 4.78 is 29.2. The molecule has 0 saturated heterocycles. The number of carbonyl (C=O) groups is 1. The lowest BCUT2D eigenvalue weighted by molar-refractivity contribution is 0.0697. The smallest absolute Gasteiger partial charge is 0.335 e. The Morgan fingerprint density at radius 3 is 2.30 bits per heavy atom. The van der Waals surface area contributed by atoms with E-state index in [1.54, 1.807) is 18.2 Å². The first kappa shape index (κ1) is 21.9. The summed E-state index contributed by atoms with van der Waals surface area (Å²) in [6, 6.07) is 20.5.